The van der Waals surface area contributed by atoms with Crippen LogP contribution in [0.4, 0.5) is 10.5 Å². The Morgan fingerprint density at radius 2 is 1.67 bits per heavy atom. The molecule has 1 atom stereocenters. The molecule has 2 aromatic carbocycles. The molecule has 27 heavy (non-hydrogen) atoms. The number of hydrogen-bond acceptors (Lipinski definition) is 3. The van der Waals surface area contributed by atoms with Gasteiger partial charge in [-0.25, -0.2) is 4.79 Å². The summed E-state index contributed by atoms with van der Waals surface area (Å²) in [6.45, 7) is -0.00450. The molecule has 3 amide bonds. The van der Waals surface area contributed by atoms with Crippen LogP contribution < -0.4 is 16.0 Å². The number of carbonyl (C=O) groups is 3. The second-order valence-corrected chi connectivity index (χ2v) is 6.70. The molecule has 2 rings (SSSR count). The normalized spacial score (nSPS) is 11.3. The van der Waals surface area contributed by atoms with Gasteiger partial charge in [-0.2, -0.15) is 0 Å². The van der Waals surface area contributed by atoms with Crippen molar-refractivity contribution >= 4 is 39.5 Å². The first-order valence-electron chi connectivity index (χ1n) is 8.30. The SMILES string of the molecule is O=C(O)CCNC(=O)C(Cc1ccccc1)NC(=O)Nc1ccc(Br)cc1. The van der Waals surface area contributed by atoms with Gasteiger partial charge < -0.3 is 21.1 Å². The van der Waals surface area contributed by atoms with Crippen LogP contribution in [0.1, 0.15) is 12.0 Å². The topological polar surface area (TPSA) is 108 Å². The number of amides is 3. The van der Waals surface area contributed by atoms with E-state index < -0.39 is 23.9 Å². The van der Waals surface area contributed by atoms with Gasteiger partial charge in [0.25, 0.3) is 0 Å². The summed E-state index contributed by atoms with van der Waals surface area (Å²) in [4.78, 5) is 35.3. The van der Waals surface area contributed by atoms with E-state index in [0.717, 1.165) is 10.0 Å². The molecule has 0 heterocycles. The number of anilines is 1. The number of urea groups is 1. The highest BCUT2D eigenvalue weighted by molar-refractivity contribution is 9.10. The third-order valence-corrected chi connectivity index (χ3v) is 4.17. The van der Waals surface area contributed by atoms with Gasteiger partial charge in [0.15, 0.2) is 0 Å². The van der Waals surface area contributed by atoms with Crippen LogP contribution in [-0.2, 0) is 16.0 Å². The van der Waals surface area contributed by atoms with Gasteiger partial charge in [0.1, 0.15) is 6.04 Å². The lowest BCUT2D eigenvalue weighted by atomic mass is 10.1. The van der Waals surface area contributed by atoms with Gasteiger partial charge in [-0.3, -0.25) is 9.59 Å². The predicted octanol–water partition coefficient (Wildman–Crippen LogP) is 2.77. The first-order chi connectivity index (χ1) is 12.9. The van der Waals surface area contributed by atoms with Crippen LogP contribution in [0, 0.1) is 0 Å². The van der Waals surface area contributed by atoms with Crippen molar-refractivity contribution in [1.29, 1.82) is 0 Å². The molecule has 0 aliphatic heterocycles. The third-order valence-electron chi connectivity index (χ3n) is 3.64. The Balaban J connectivity index is 2.01. The zero-order valence-corrected chi connectivity index (χ0v) is 16.0. The standard InChI is InChI=1S/C19H20BrN3O4/c20-14-6-8-15(9-7-14)22-19(27)23-16(12-13-4-2-1-3-5-13)18(26)21-11-10-17(24)25/h1-9,16H,10-12H2,(H,21,26)(H,24,25)(H2,22,23,27). The molecule has 0 saturated heterocycles. The second-order valence-electron chi connectivity index (χ2n) is 5.78. The summed E-state index contributed by atoms with van der Waals surface area (Å²) in [6.07, 6.45) is 0.0996. The molecule has 7 nitrogen and oxygen atoms in total. The molecule has 1 unspecified atom stereocenters. The van der Waals surface area contributed by atoms with Crippen LogP contribution in [0.15, 0.2) is 59.1 Å². The fourth-order valence-electron chi connectivity index (χ4n) is 2.33. The van der Waals surface area contributed by atoms with E-state index in [-0.39, 0.29) is 19.4 Å². The fourth-order valence-corrected chi connectivity index (χ4v) is 2.60. The molecule has 0 aliphatic carbocycles. The minimum Gasteiger partial charge on any atom is -0.481 e. The van der Waals surface area contributed by atoms with E-state index in [9.17, 15) is 14.4 Å². The highest BCUT2D eigenvalue weighted by Crippen LogP contribution is 2.14. The van der Waals surface area contributed by atoms with Crippen molar-refractivity contribution in [3.8, 4) is 0 Å². The number of carbonyl (C=O) groups excluding carboxylic acids is 2. The Kier molecular flexibility index (Phi) is 7.81. The van der Waals surface area contributed by atoms with Crippen molar-refractivity contribution in [3.63, 3.8) is 0 Å². The quantitative estimate of drug-likeness (QED) is 0.513. The molecular formula is C19H20BrN3O4. The van der Waals surface area contributed by atoms with Gasteiger partial charge in [-0.05, 0) is 29.8 Å². The van der Waals surface area contributed by atoms with Crippen LogP contribution in [0.5, 0.6) is 0 Å². The van der Waals surface area contributed by atoms with Gasteiger partial charge in [-0.15, -0.1) is 0 Å². The number of nitrogens with one attached hydrogen (secondary N) is 3. The number of halogens is 1. The molecule has 8 heteroatoms. The van der Waals surface area contributed by atoms with E-state index in [1.165, 1.54) is 0 Å². The van der Waals surface area contributed by atoms with Crippen molar-refractivity contribution in [1.82, 2.24) is 10.6 Å². The Hall–Kier alpha value is -2.87. The van der Waals surface area contributed by atoms with Crippen molar-refractivity contribution < 1.29 is 19.5 Å². The summed E-state index contributed by atoms with van der Waals surface area (Å²) >= 11 is 3.32. The van der Waals surface area contributed by atoms with Crippen LogP contribution in [0.25, 0.3) is 0 Å². The molecule has 2 aromatic rings. The molecule has 0 bridgehead atoms. The van der Waals surface area contributed by atoms with Gasteiger partial charge in [0, 0.05) is 23.1 Å². The molecule has 0 saturated carbocycles. The van der Waals surface area contributed by atoms with Gasteiger partial charge >= 0.3 is 12.0 Å². The van der Waals surface area contributed by atoms with Gasteiger partial charge in [-0.1, -0.05) is 46.3 Å². The summed E-state index contributed by atoms with van der Waals surface area (Å²) in [6, 6.07) is 14.9. The van der Waals surface area contributed by atoms with E-state index >= 15 is 0 Å². The lowest BCUT2D eigenvalue weighted by molar-refractivity contribution is -0.137. The van der Waals surface area contributed by atoms with Gasteiger partial charge in [0.05, 0.1) is 6.42 Å². The summed E-state index contributed by atoms with van der Waals surface area (Å²) in [5, 5.41) is 16.6. The molecule has 0 aromatic heterocycles. The second kappa shape index (κ2) is 10.3. The average molecular weight is 434 g/mol. The minimum atomic E-state index is -1.00. The number of rotatable bonds is 8. The Bertz CT molecular complexity index is 781. The zero-order chi connectivity index (χ0) is 19.6. The van der Waals surface area contributed by atoms with Crippen LogP contribution in [0.3, 0.4) is 0 Å². The smallest absolute Gasteiger partial charge is 0.319 e. The predicted molar refractivity (Wildman–Crippen MR) is 105 cm³/mol. The van der Waals surface area contributed by atoms with E-state index in [0.29, 0.717) is 5.69 Å². The van der Waals surface area contributed by atoms with Crippen LogP contribution >= 0.6 is 15.9 Å². The van der Waals surface area contributed by atoms with Crippen LogP contribution in [-0.4, -0.2) is 35.6 Å². The Morgan fingerprint density at radius 3 is 2.30 bits per heavy atom. The van der Waals surface area contributed by atoms with E-state index in [2.05, 4.69) is 31.9 Å². The minimum absolute atomic E-state index is 0.00450. The Labute approximate surface area is 165 Å². The third kappa shape index (κ3) is 7.49. The molecule has 4 N–H and O–H groups in total. The zero-order valence-electron chi connectivity index (χ0n) is 14.4. The summed E-state index contributed by atoms with van der Waals surface area (Å²) in [7, 11) is 0. The number of aliphatic carboxylic acids is 1. The number of hydrogen-bond donors (Lipinski definition) is 4. The summed E-state index contributed by atoms with van der Waals surface area (Å²) in [5.74, 6) is -1.44. The number of carboxylic acids is 1. The first kappa shape index (κ1) is 20.4. The van der Waals surface area contributed by atoms with Crippen molar-refractivity contribution in [2.75, 3.05) is 11.9 Å². The number of benzene rings is 2. The van der Waals surface area contributed by atoms with Crippen molar-refractivity contribution in [2.24, 2.45) is 0 Å². The molecule has 142 valence electrons. The van der Waals surface area contributed by atoms with E-state index in [1.807, 2.05) is 30.3 Å². The molecule has 0 radical (unpaired) electrons. The lowest BCUT2D eigenvalue weighted by Gasteiger charge is -2.19. The molecule has 0 aliphatic rings. The molecule has 0 spiro atoms. The molecular weight excluding hydrogens is 414 g/mol. The fraction of sp³-hybridized carbons (Fsp3) is 0.211. The lowest BCUT2D eigenvalue weighted by Crippen LogP contribution is -2.49. The van der Waals surface area contributed by atoms with E-state index in [4.69, 9.17) is 5.11 Å². The van der Waals surface area contributed by atoms with Gasteiger partial charge in [0.2, 0.25) is 5.91 Å². The van der Waals surface area contributed by atoms with Crippen LogP contribution in [0.2, 0.25) is 0 Å². The molecule has 0 fully saturated rings. The highest BCUT2D eigenvalue weighted by atomic mass is 79.9. The van der Waals surface area contributed by atoms with Crippen molar-refractivity contribution in [3.05, 3.63) is 64.6 Å². The maximum Gasteiger partial charge on any atom is 0.319 e. The summed E-state index contributed by atoms with van der Waals surface area (Å²) < 4.78 is 0.883. The largest absolute Gasteiger partial charge is 0.481 e. The maximum atomic E-state index is 12.4. The summed E-state index contributed by atoms with van der Waals surface area (Å²) in [5.41, 5.74) is 1.46. The average Bonchev–Trinajstić information content (AvgIpc) is 2.63. The van der Waals surface area contributed by atoms with Crippen molar-refractivity contribution in [2.45, 2.75) is 18.9 Å². The number of carboxylic acid groups (broad SMARTS) is 1. The monoisotopic (exact) mass is 433 g/mol. The maximum absolute atomic E-state index is 12.4. The van der Waals surface area contributed by atoms with E-state index in [1.54, 1.807) is 24.3 Å². The first-order valence-corrected chi connectivity index (χ1v) is 9.10. The highest BCUT2D eigenvalue weighted by Gasteiger charge is 2.21. The Morgan fingerprint density at radius 1 is 1.00 bits per heavy atom.